The molecule has 1 aromatic carbocycles. The van der Waals surface area contributed by atoms with Crippen LogP contribution in [0.4, 0.5) is 0 Å². The Balaban J connectivity index is 1.56. The van der Waals surface area contributed by atoms with Crippen LogP contribution in [0, 0.1) is 5.92 Å². The summed E-state index contributed by atoms with van der Waals surface area (Å²) in [5.74, 6) is 1.86. The minimum atomic E-state index is 0.413. The van der Waals surface area contributed by atoms with E-state index in [1.165, 1.54) is 38.0 Å². The van der Waals surface area contributed by atoms with Crippen molar-refractivity contribution in [2.24, 2.45) is 5.92 Å². The van der Waals surface area contributed by atoms with Crippen LogP contribution in [0.25, 0.3) is 0 Å². The predicted molar refractivity (Wildman–Crippen MR) is 86.7 cm³/mol. The maximum atomic E-state index is 5.65. The third-order valence-corrected chi connectivity index (χ3v) is 4.97. The van der Waals surface area contributed by atoms with Gasteiger partial charge in [-0.05, 0) is 62.9 Å². The molecule has 0 radical (unpaired) electrons. The minimum Gasteiger partial charge on any atom is -0.494 e. The molecule has 1 aromatic rings. The van der Waals surface area contributed by atoms with E-state index < -0.39 is 0 Å². The largest absolute Gasteiger partial charge is 0.494 e. The summed E-state index contributed by atoms with van der Waals surface area (Å²) < 4.78 is 5.65. The van der Waals surface area contributed by atoms with Crippen molar-refractivity contribution in [3.63, 3.8) is 0 Å². The Labute approximate surface area is 128 Å². The summed E-state index contributed by atoms with van der Waals surface area (Å²) in [5, 5.41) is 3.85. The van der Waals surface area contributed by atoms with E-state index in [1.54, 1.807) is 0 Å². The third kappa shape index (κ3) is 3.58. The lowest BCUT2D eigenvalue weighted by molar-refractivity contribution is 0.0680. The Hall–Kier alpha value is -1.06. The average Bonchev–Trinajstić information content (AvgIpc) is 2.54. The molecule has 1 N–H and O–H groups in total. The Kier molecular flexibility index (Phi) is 4.81. The van der Waals surface area contributed by atoms with Crippen molar-refractivity contribution >= 4 is 0 Å². The number of fused-ring (bicyclic) bond motifs is 3. The Morgan fingerprint density at radius 1 is 1.24 bits per heavy atom. The lowest BCUT2D eigenvalue weighted by Crippen LogP contribution is -2.56. The van der Waals surface area contributed by atoms with Gasteiger partial charge in [-0.2, -0.15) is 0 Å². The van der Waals surface area contributed by atoms with E-state index in [1.807, 2.05) is 0 Å². The van der Waals surface area contributed by atoms with Crippen LogP contribution in [0.3, 0.4) is 0 Å². The standard InChI is InChI=1S/C18H28N2O/c1-3-12-21-17-6-4-15(5-7-17)14(2)19-18-13-20-10-8-16(18)9-11-20/h4-7,14,16,18-19H,3,8-13H2,1-2H3. The van der Waals surface area contributed by atoms with Gasteiger partial charge in [0.1, 0.15) is 5.75 Å². The number of rotatable bonds is 6. The van der Waals surface area contributed by atoms with Gasteiger partial charge in [0.25, 0.3) is 0 Å². The molecule has 3 nitrogen and oxygen atoms in total. The normalized spacial score (nSPS) is 29.3. The van der Waals surface area contributed by atoms with Crippen LogP contribution in [0.15, 0.2) is 24.3 Å². The predicted octanol–water partition coefficient (Wildman–Crippen LogP) is 3.22. The summed E-state index contributed by atoms with van der Waals surface area (Å²) in [7, 11) is 0. The zero-order valence-corrected chi connectivity index (χ0v) is 13.3. The van der Waals surface area contributed by atoms with Crippen molar-refractivity contribution in [2.45, 2.75) is 45.2 Å². The van der Waals surface area contributed by atoms with Gasteiger partial charge in [0.2, 0.25) is 0 Å². The molecule has 2 bridgehead atoms. The maximum Gasteiger partial charge on any atom is 0.119 e. The van der Waals surface area contributed by atoms with Gasteiger partial charge >= 0.3 is 0 Å². The second-order valence-electron chi connectivity index (χ2n) is 6.55. The van der Waals surface area contributed by atoms with Crippen LogP contribution in [-0.4, -0.2) is 37.2 Å². The highest BCUT2D eigenvalue weighted by molar-refractivity contribution is 5.29. The van der Waals surface area contributed by atoms with E-state index in [0.717, 1.165) is 24.7 Å². The monoisotopic (exact) mass is 288 g/mol. The van der Waals surface area contributed by atoms with Crippen LogP contribution in [-0.2, 0) is 0 Å². The molecular formula is C18H28N2O. The van der Waals surface area contributed by atoms with Gasteiger partial charge in [0.05, 0.1) is 6.61 Å². The fourth-order valence-corrected chi connectivity index (χ4v) is 3.64. The highest BCUT2D eigenvalue weighted by atomic mass is 16.5. The average molecular weight is 288 g/mol. The number of hydrogen-bond donors (Lipinski definition) is 1. The molecule has 0 aromatic heterocycles. The number of nitrogens with zero attached hydrogens (tertiary/aromatic N) is 1. The molecule has 4 rings (SSSR count). The van der Waals surface area contributed by atoms with E-state index in [2.05, 4.69) is 48.3 Å². The van der Waals surface area contributed by atoms with Crippen LogP contribution in [0.5, 0.6) is 5.75 Å². The fourth-order valence-electron chi connectivity index (χ4n) is 3.64. The quantitative estimate of drug-likeness (QED) is 0.870. The molecule has 3 saturated heterocycles. The first kappa shape index (κ1) is 14.9. The van der Waals surface area contributed by atoms with Crippen molar-refractivity contribution in [1.29, 1.82) is 0 Å². The Morgan fingerprint density at radius 3 is 2.52 bits per heavy atom. The van der Waals surface area contributed by atoms with E-state index in [-0.39, 0.29) is 0 Å². The van der Waals surface area contributed by atoms with Gasteiger partial charge in [-0.25, -0.2) is 0 Å². The number of piperidine rings is 3. The van der Waals surface area contributed by atoms with Crippen molar-refractivity contribution in [3.8, 4) is 5.75 Å². The van der Waals surface area contributed by atoms with Crippen LogP contribution in [0.1, 0.15) is 44.7 Å². The fraction of sp³-hybridized carbons (Fsp3) is 0.667. The molecule has 2 unspecified atom stereocenters. The molecule has 3 fully saturated rings. The molecular weight excluding hydrogens is 260 g/mol. The molecule has 0 aliphatic carbocycles. The zero-order chi connectivity index (χ0) is 14.7. The Bertz CT molecular complexity index is 437. The summed E-state index contributed by atoms with van der Waals surface area (Å²) in [4.78, 5) is 2.60. The summed E-state index contributed by atoms with van der Waals surface area (Å²) in [6.07, 6.45) is 3.79. The van der Waals surface area contributed by atoms with Gasteiger partial charge < -0.3 is 15.0 Å². The van der Waals surface area contributed by atoms with Gasteiger partial charge in [0, 0.05) is 18.6 Å². The topological polar surface area (TPSA) is 24.5 Å². The smallest absolute Gasteiger partial charge is 0.119 e. The van der Waals surface area contributed by atoms with Crippen LogP contribution < -0.4 is 10.1 Å². The van der Waals surface area contributed by atoms with Crippen molar-refractivity contribution < 1.29 is 4.74 Å². The van der Waals surface area contributed by atoms with E-state index >= 15 is 0 Å². The van der Waals surface area contributed by atoms with E-state index in [4.69, 9.17) is 4.74 Å². The molecule has 3 aliphatic rings. The molecule has 0 spiro atoms. The highest BCUT2D eigenvalue weighted by Crippen LogP contribution is 2.29. The zero-order valence-electron chi connectivity index (χ0n) is 13.3. The first-order valence-electron chi connectivity index (χ1n) is 8.47. The summed E-state index contributed by atoms with van der Waals surface area (Å²) in [6, 6.07) is 9.67. The molecule has 0 saturated carbocycles. The number of nitrogens with one attached hydrogen (secondary N) is 1. The molecule has 21 heavy (non-hydrogen) atoms. The number of benzene rings is 1. The lowest BCUT2D eigenvalue weighted by Gasteiger charge is -2.46. The van der Waals surface area contributed by atoms with Crippen LogP contribution in [0.2, 0.25) is 0 Å². The van der Waals surface area contributed by atoms with Crippen LogP contribution >= 0.6 is 0 Å². The minimum absolute atomic E-state index is 0.413. The highest BCUT2D eigenvalue weighted by Gasteiger charge is 2.34. The maximum absolute atomic E-state index is 5.65. The molecule has 2 atom stereocenters. The molecule has 3 heterocycles. The van der Waals surface area contributed by atoms with Crippen molar-refractivity contribution in [3.05, 3.63) is 29.8 Å². The SMILES string of the molecule is CCCOc1ccc(C(C)NC2CN3CCC2CC3)cc1. The van der Waals surface area contributed by atoms with E-state index in [0.29, 0.717) is 12.1 Å². The van der Waals surface area contributed by atoms with Gasteiger partial charge in [-0.15, -0.1) is 0 Å². The number of hydrogen-bond acceptors (Lipinski definition) is 3. The molecule has 3 heteroatoms. The first-order valence-corrected chi connectivity index (χ1v) is 8.47. The summed E-state index contributed by atoms with van der Waals surface area (Å²) >= 11 is 0. The molecule has 116 valence electrons. The van der Waals surface area contributed by atoms with Gasteiger partial charge in [0.15, 0.2) is 0 Å². The van der Waals surface area contributed by atoms with E-state index in [9.17, 15) is 0 Å². The second-order valence-corrected chi connectivity index (χ2v) is 6.55. The Morgan fingerprint density at radius 2 is 1.95 bits per heavy atom. The van der Waals surface area contributed by atoms with Gasteiger partial charge in [-0.1, -0.05) is 19.1 Å². The summed E-state index contributed by atoms with van der Waals surface area (Å²) in [6.45, 7) is 9.05. The third-order valence-electron chi connectivity index (χ3n) is 4.97. The lowest BCUT2D eigenvalue weighted by atomic mass is 9.83. The van der Waals surface area contributed by atoms with Crippen molar-refractivity contribution in [2.75, 3.05) is 26.2 Å². The first-order chi connectivity index (χ1) is 10.3. The summed E-state index contributed by atoms with van der Waals surface area (Å²) in [5.41, 5.74) is 1.36. The molecule has 3 aliphatic heterocycles. The van der Waals surface area contributed by atoms with Crippen molar-refractivity contribution in [1.82, 2.24) is 10.2 Å². The second kappa shape index (κ2) is 6.80. The van der Waals surface area contributed by atoms with Gasteiger partial charge in [-0.3, -0.25) is 0 Å². The molecule has 0 amide bonds. The number of ether oxygens (including phenoxy) is 1.